The number of rotatable bonds is 4. The van der Waals surface area contributed by atoms with Crippen molar-refractivity contribution in [1.29, 1.82) is 0 Å². The number of phenols is 1. The van der Waals surface area contributed by atoms with E-state index in [0.717, 1.165) is 11.1 Å². The van der Waals surface area contributed by atoms with Gasteiger partial charge in [0.2, 0.25) is 0 Å². The summed E-state index contributed by atoms with van der Waals surface area (Å²) in [6.45, 7) is 0.365. The fraction of sp³-hybridized carbons (Fsp3) is 0.0714. The van der Waals surface area contributed by atoms with Gasteiger partial charge >= 0.3 is 0 Å². The normalized spacial score (nSPS) is 10.7. The van der Waals surface area contributed by atoms with Crippen LogP contribution in [-0.2, 0) is 6.54 Å². The molecule has 0 amide bonds. The van der Waals surface area contributed by atoms with Crippen LogP contribution in [0.15, 0.2) is 53.5 Å². The van der Waals surface area contributed by atoms with Crippen LogP contribution in [0.4, 0.5) is 5.69 Å². The van der Waals surface area contributed by atoms with Gasteiger partial charge in [-0.15, -0.1) is 0 Å². The van der Waals surface area contributed by atoms with Gasteiger partial charge in [-0.25, -0.2) is 0 Å². The average Bonchev–Trinajstić information content (AvgIpc) is 2.41. The zero-order chi connectivity index (χ0) is 13.7. The maximum atomic E-state index is 10.5. The van der Waals surface area contributed by atoms with E-state index in [1.54, 1.807) is 36.5 Å². The van der Waals surface area contributed by atoms with Crippen molar-refractivity contribution in [2.45, 2.75) is 6.54 Å². The summed E-state index contributed by atoms with van der Waals surface area (Å²) in [6.07, 6.45) is 1.62. The number of nitrogens with zero attached hydrogens (tertiary/aromatic N) is 2. The van der Waals surface area contributed by atoms with Crippen LogP contribution in [-0.4, -0.2) is 16.2 Å². The Labute approximate surface area is 110 Å². The highest BCUT2D eigenvalue weighted by Gasteiger charge is 2.02. The van der Waals surface area contributed by atoms with Crippen molar-refractivity contribution >= 4 is 11.9 Å². The Bertz CT molecular complexity index is 606. The Kier molecular flexibility index (Phi) is 3.87. The summed E-state index contributed by atoms with van der Waals surface area (Å²) in [5.74, 6) is 0.211. The molecule has 5 nitrogen and oxygen atoms in total. The first-order valence-electron chi connectivity index (χ1n) is 5.68. The van der Waals surface area contributed by atoms with E-state index in [1.807, 2.05) is 6.07 Å². The zero-order valence-corrected chi connectivity index (χ0v) is 10.1. The lowest BCUT2D eigenvalue weighted by molar-refractivity contribution is -0.384. The number of aliphatic imine (C=N–C) groups is 1. The fourth-order valence-electron chi connectivity index (χ4n) is 1.58. The van der Waals surface area contributed by atoms with Gasteiger partial charge in [-0.3, -0.25) is 15.1 Å². The van der Waals surface area contributed by atoms with Gasteiger partial charge in [0.25, 0.3) is 5.69 Å². The molecule has 0 saturated heterocycles. The quantitative estimate of drug-likeness (QED) is 0.519. The van der Waals surface area contributed by atoms with E-state index in [2.05, 4.69) is 4.99 Å². The van der Waals surface area contributed by atoms with Crippen LogP contribution >= 0.6 is 0 Å². The molecule has 5 heteroatoms. The van der Waals surface area contributed by atoms with Crippen LogP contribution in [0.3, 0.4) is 0 Å². The first kappa shape index (κ1) is 12.8. The monoisotopic (exact) mass is 256 g/mol. The van der Waals surface area contributed by atoms with Gasteiger partial charge in [0, 0.05) is 23.9 Å². The minimum atomic E-state index is -0.442. The van der Waals surface area contributed by atoms with Crippen molar-refractivity contribution in [2.24, 2.45) is 4.99 Å². The van der Waals surface area contributed by atoms with Crippen LogP contribution in [0.2, 0.25) is 0 Å². The summed E-state index contributed by atoms with van der Waals surface area (Å²) in [5.41, 5.74) is 1.57. The minimum absolute atomic E-state index is 0.0536. The lowest BCUT2D eigenvalue weighted by atomic mass is 10.2. The molecule has 1 N–H and O–H groups in total. The third-order valence-electron chi connectivity index (χ3n) is 2.60. The highest BCUT2D eigenvalue weighted by Crippen LogP contribution is 2.16. The van der Waals surface area contributed by atoms with E-state index in [-0.39, 0.29) is 11.4 Å². The number of aromatic hydroxyl groups is 1. The van der Waals surface area contributed by atoms with Gasteiger partial charge < -0.3 is 5.11 Å². The summed E-state index contributed by atoms with van der Waals surface area (Å²) in [6, 6.07) is 13.1. The van der Waals surface area contributed by atoms with Crippen LogP contribution in [0.25, 0.3) is 0 Å². The average molecular weight is 256 g/mol. The van der Waals surface area contributed by atoms with Gasteiger partial charge in [-0.1, -0.05) is 18.2 Å². The fourth-order valence-corrected chi connectivity index (χ4v) is 1.58. The highest BCUT2D eigenvalue weighted by molar-refractivity contribution is 5.79. The van der Waals surface area contributed by atoms with E-state index < -0.39 is 4.92 Å². The molecule has 0 spiro atoms. The minimum Gasteiger partial charge on any atom is -0.508 e. The second kappa shape index (κ2) is 5.77. The number of benzene rings is 2. The van der Waals surface area contributed by atoms with Crippen LogP contribution in [0, 0.1) is 10.1 Å². The number of phenolic OH excluding ortho intramolecular Hbond substituents is 1. The van der Waals surface area contributed by atoms with Gasteiger partial charge in [0.05, 0.1) is 11.5 Å². The van der Waals surface area contributed by atoms with E-state index in [4.69, 9.17) is 0 Å². The van der Waals surface area contributed by atoms with Crippen LogP contribution in [0.1, 0.15) is 11.1 Å². The molecule has 2 aromatic rings. The Morgan fingerprint density at radius 3 is 2.47 bits per heavy atom. The summed E-state index contributed by atoms with van der Waals surface area (Å²) in [5, 5.41) is 20.0. The Morgan fingerprint density at radius 2 is 1.84 bits per heavy atom. The van der Waals surface area contributed by atoms with E-state index >= 15 is 0 Å². The molecule has 2 rings (SSSR count). The van der Waals surface area contributed by atoms with Gasteiger partial charge in [-0.2, -0.15) is 0 Å². The SMILES string of the molecule is O=[N+]([O-])c1ccc(C=NCc2ccccc2O)cc1. The molecule has 0 bridgehead atoms. The van der Waals surface area contributed by atoms with E-state index in [9.17, 15) is 15.2 Å². The lowest BCUT2D eigenvalue weighted by Gasteiger charge is -1.99. The molecule has 0 aliphatic heterocycles. The summed E-state index contributed by atoms with van der Waals surface area (Å²) in [7, 11) is 0. The molecule has 96 valence electrons. The number of nitro groups is 1. The molecule has 0 radical (unpaired) electrons. The molecule has 0 atom stereocenters. The van der Waals surface area contributed by atoms with E-state index in [0.29, 0.717) is 6.54 Å². The number of hydrogen-bond donors (Lipinski definition) is 1. The molecule has 0 aromatic heterocycles. The second-order valence-electron chi connectivity index (χ2n) is 3.95. The van der Waals surface area contributed by atoms with Crippen molar-refractivity contribution in [1.82, 2.24) is 0 Å². The Balaban J connectivity index is 2.03. The maximum absolute atomic E-state index is 10.5. The van der Waals surface area contributed by atoms with Crippen molar-refractivity contribution in [2.75, 3.05) is 0 Å². The van der Waals surface area contributed by atoms with Crippen molar-refractivity contribution in [3.8, 4) is 5.75 Å². The van der Waals surface area contributed by atoms with Crippen LogP contribution < -0.4 is 0 Å². The van der Waals surface area contributed by atoms with E-state index in [1.165, 1.54) is 12.1 Å². The smallest absolute Gasteiger partial charge is 0.269 e. The second-order valence-corrected chi connectivity index (χ2v) is 3.95. The lowest BCUT2D eigenvalue weighted by Crippen LogP contribution is -1.89. The third kappa shape index (κ3) is 3.38. The third-order valence-corrected chi connectivity index (χ3v) is 2.60. The van der Waals surface area contributed by atoms with Gasteiger partial charge in [-0.05, 0) is 23.8 Å². The number of nitro benzene ring substituents is 1. The molecule has 0 heterocycles. The first-order valence-corrected chi connectivity index (χ1v) is 5.68. The molecule has 0 unspecified atom stereocenters. The highest BCUT2D eigenvalue weighted by atomic mass is 16.6. The summed E-state index contributed by atoms with van der Waals surface area (Å²) < 4.78 is 0. The first-order chi connectivity index (χ1) is 9.16. The summed E-state index contributed by atoms with van der Waals surface area (Å²) in [4.78, 5) is 14.2. The predicted molar refractivity (Wildman–Crippen MR) is 72.5 cm³/mol. The summed E-state index contributed by atoms with van der Waals surface area (Å²) >= 11 is 0. The van der Waals surface area contributed by atoms with Crippen molar-refractivity contribution in [3.05, 3.63) is 69.8 Å². The van der Waals surface area contributed by atoms with Crippen molar-refractivity contribution in [3.63, 3.8) is 0 Å². The van der Waals surface area contributed by atoms with Crippen LogP contribution in [0.5, 0.6) is 5.75 Å². The molecule has 0 saturated carbocycles. The van der Waals surface area contributed by atoms with Gasteiger partial charge in [0.1, 0.15) is 5.75 Å². The standard InChI is InChI=1S/C14H12N2O3/c17-14-4-2-1-3-12(14)10-15-9-11-5-7-13(8-6-11)16(18)19/h1-9,17H,10H2. The number of hydrogen-bond acceptors (Lipinski definition) is 4. The topological polar surface area (TPSA) is 75.7 Å². The van der Waals surface area contributed by atoms with Gasteiger partial charge in [0.15, 0.2) is 0 Å². The largest absolute Gasteiger partial charge is 0.508 e. The molecular formula is C14H12N2O3. The predicted octanol–water partition coefficient (Wildman–Crippen LogP) is 2.92. The number of para-hydroxylation sites is 1. The molecule has 0 fully saturated rings. The Morgan fingerprint density at radius 1 is 1.16 bits per heavy atom. The Hall–Kier alpha value is -2.69. The zero-order valence-electron chi connectivity index (χ0n) is 10.1. The molecule has 2 aromatic carbocycles. The molecule has 0 aliphatic carbocycles. The molecular weight excluding hydrogens is 244 g/mol. The van der Waals surface area contributed by atoms with Crippen molar-refractivity contribution < 1.29 is 10.0 Å². The maximum Gasteiger partial charge on any atom is 0.269 e. The molecule has 0 aliphatic rings. The molecule has 19 heavy (non-hydrogen) atoms. The number of non-ortho nitro benzene ring substituents is 1.